The van der Waals surface area contributed by atoms with Crippen molar-refractivity contribution in [2.24, 2.45) is 10.8 Å². The van der Waals surface area contributed by atoms with Gasteiger partial charge in [-0.25, -0.2) is 0 Å². The minimum absolute atomic E-state index is 0.0332. The molecular formula is C27H29NO4. The fourth-order valence-electron chi connectivity index (χ4n) is 5.54. The summed E-state index contributed by atoms with van der Waals surface area (Å²) in [5, 5.41) is 0.891. The number of fused-ring (bicyclic) bond motifs is 1. The highest BCUT2D eigenvalue weighted by Crippen LogP contribution is 2.52. The number of nitrogens with one attached hydrogen (secondary N) is 1. The van der Waals surface area contributed by atoms with Crippen LogP contribution in [-0.2, 0) is 14.3 Å². The van der Waals surface area contributed by atoms with Crippen molar-refractivity contribution in [3.63, 3.8) is 0 Å². The minimum atomic E-state index is -0.672. The van der Waals surface area contributed by atoms with E-state index < -0.39 is 5.92 Å². The van der Waals surface area contributed by atoms with E-state index in [1.165, 1.54) is 0 Å². The molecule has 166 valence electrons. The molecule has 5 nitrogen and oxygen atoms in total. The van der Waals surface area contributed by atoms with E-state index in [0.717, 1.165) is 16.5 Å². The van der Waals surface area contributed by atoms with Crippen LogP contribution in [0.4, 0.5) is 0 Å². The molecule has 0 saturated carbocycles. The average molecular weight is 432 g/mol. The number of hydrogen-bond acceptors (Lipinski definition) is 4. The lowest BCUT2D eigenvalue weighted by Gasteiger charge is -2.42. The van der Waals surface area contributed by atoms with Crippen molar-refractivity contribution in [2.75, 3.05) is 0 Å². The van der Waals surface area contributed by atoms with Gasteiger partial charge in [-0.1, -0.05) is 39.3 Å². The summed E-state index contributed by atoms with van der Waals surface area (Å²) >= 11 is 0. The number of aromatic amines is 1. The maximum Gasteiger partial charge on any atom is 0.252 e. The van der Waals surface area contributed by atoms with Crippen LogP contribution in [0.15, 0.2) is 51.7 Å². The smallest absolute Gasteiger partial charge is 0.252 e. The molecule has 0 saturated heterocycles. The highest BCUT2D eigenvalue weighted by molar-refractivity contribution is 6.06. The number of rotatable bonds is 1. The first kappa shape index (κ1) is 20.9. The van der Waals surface area contributed by atoms with Crippen LogP contribution in [0.5, 0.6) is 0 Å². The maximum absolute atomic E-state index is 13.4. The van der Waals surface area contributed by atoms with Crippen LogP contribution < -0.4 is 5.56 Å². The summed E-state index contributed by atoms with van der Waals surface area (Å²) in [7, 11) is 0. The summed E-state index contributed by atoms with van der Waals surface area (Å²) in [6, 6.07) is 7.70. The zero-order valence-corrected chi connectivity index (χ0v) is 19.3. The number of H-pyrrole nitrogens is 1. The number of Topliss-reactive ketones (excluding diaryl/α,β-unsaturated/α-hetero) is 2. The number of aromatic nitrogens is 1. The molecule has 0 amide bonds. The first-order chi connectivity index (χ1) is 14.9. The molecule has 2 heterocycles. The molecule has 1 aromatic carbocycles. The molecule has 1 aliphatic heterocycles. The quantitative estimate of drug-likeness (QED) is 0.670. The predicted molar refractivity (Wildman–Crippen MR) is 123 cm³/mol. The van der Waals surface area contributed by atoms with Gasteiger partial charge in [-0.2, -0.15) is 0 Å². The molecule has 0 bridgehead atoms. The number of aryl methyl sites for hydroxylation is 1. The molecule has 0 spiro atoms. The van der Waals surface area contributed by atoms with E-state index in [2.05, 4.69) is 32.7 Å². The summed E-state index contributed by atoms with van der Waals surface area (Å²) in [5.41, 5.74) is 2.55. The predicted octanol–water partition coefficient (Wildman–Crippen LogP) is 5.24. The average Bonchev–Trinajstić information content (AvgIpc) is 2.64. The molecule has 0 unspecified atom stereocenters. The van der Waals surface area contributed by atoms with Gasteiger partial charge in [0.1, 0.15) is 11.5 Å². The molecule has 1 aromatic heterocycles. The third kappa shape index (κ3) is 3.35. The number of allylic oxidation sites excluding steroid dienone is 4. The fourth-order valence-corrected chi connectivity index (χ4v) is 5.54. The SMILES string of the molecule is Cc1ccc2[nH]c(=O)c(C3C4=C(CC(C)(C)CC4=O)OC4=C3C(=O)CC(C)(C)C4)cc2c1. The summed E-state index contributed by atoms with van der Waals surface area (Å²) in [6.45, 7) is 10.2. The second-order valence-electron chi connectivity index (χ2n) is 11.2. The van der Waals surface area contributed by atoms with Crippen molar-refractivity contribution in [1.29, 1.82) is 0 Å². The minimum Gasteiger partial charge on any atom is -0.465 e. The number of carbonyl (C=O) groups excluding carboxylic acids is 2. The Bertz CT molecular complexity index is 1270. The Kier molecular flexibility index (Phi) is 4.43. The maximum atomic E-state index is 13.4. The zero-order chi connectivity index (χ0) is 23.0. The van der Waals surface area contributed by atoms with E-state index in [1.807, 2.05) is 31.2 Å². The molecule has 5 heteroatoms. The molecule has 32 heavy (non-hydrogen) atoms. The van der Waals surface area contributed by atoms with E-state index in [0.29, 0.717) is 53.9 Å². The highest BCUT2D eigenvalue weighted by Gasteiger charge is 2.48. The highest BCUT2D eigenvalue weighted by atomic mass is 16.5. The van der Waals surface area contributed by atoms with E-state index >= 15 is 0 Å². The van der Waals surface area contributed by atoms with Crippen LogP contribution in [-0.4, -0.2) is 16.6 Å². The number of ether oxygens (including phenoxy) is 1. The van der Waals surface area contributed by atoms with E-state index in [4.69, 9.17) is 4.74 Å². The van der Waals surface area contributed by atoms with Crippen molar-refractivity contribution in [3.05, 3.63) is 68.4 Å². The third-order valence-corrected chi connectivity index (χ3v) is 6.92. The van der Waals surface area contributed by atoms with Crippen LogP contribution >= 0.6 is 0 Å². The molecule has 3 aliphatic rings. The number of carbonyl (C=O) groups is 2. The lowest BCUT2D eigenvalue weighted by molar-refractivity contribution is -0.120. The van der Waals surface area contributed by atoms with E-state index in [9.17, 15) is 14.4 Å². The Hall–Kier alpha value is -2.95. The normalized spacial score (nSPS) is 22.7. The van der Waals surface area contributed by atoms with Gasteiger partial charge in [0.25, 0.3) is 5.56 Å². The van der Waals surface area contributed by atoms with Gasteiger partial charge in [-0.15, -0.1) is 0 Å². The lowest BCUT2D eigenvalue weighted by atomic mass is 9.65. The monoisotopic (exact) mass is 431 g/mol. The summed E-state index contributed by atoms with van der Waals surface area (Å²) in [6.07, 6.45) is 1.97. The Balaban J connectivity index is 1.78. The Morgan fingerprint density at radius 3 is 1.97 bits per heavy atom. The molecule has 0 fully saturated rings. The zero-order valence-electron chi connectivity index (χ0n) is 19.3. The molecule has 0 atom stereocenters. The Morgan fingerprint density at radius 1 is 0.844 bits per heavy atom. The summed E-state index contributed by atoms with van der Waals surface area (Å²) in [4.78, 5) is 43.0. The standard InChI is InChI=1S/C27H29NO4/c1-14-6-7-17-15(8-14)9-16(25(31)28-17)22-23-18(29)10-26(2,3)12-20(23)32-21-13-27(4,5)11-19(30)24(21)22/h6-9,22H,10-13H2,1-5H3,(H,28,31). The summed E-state index contributed by atoms with van der Waals surface area (Å²) in [5.74, 6) is 0.520. The van der Waals surface area contributed by atoms with Crippen molar-refractivity contribution < 1.29 is 14.3 Å². The number of hydrogen-bond donors (Lipinski definition) is 1. The van der Waals surface area contributed by atoms with Crippen molar-refractivity contribution in [3.8, 4) is 0 Å². The van der Waals surface area contributed by atoms with Crippen molar-refractivity contribution >= 4 is 22.5 Å². The van der Waals surface area contributed by atoms with Crippen LogP contribution in [0.25, 0.3) is 10.9 Å². The molecule has 5 rings (SSSR count). The van der Waals surface area contributed by atoms with Gasteiger partial charge >= 0.3 is 0 Å². The lowest BCUT2D eigenvalue weighted by Crippen LogP contribution is -2.39. The Labute approximate surface area is 187 Å². The van der Waals surface area contributed by atoms with Gasteiger partial charge in [-0.05, 0) is 41.3 Å². The van der Waals surface area contributed by atoms with Crippen molar-refractivity contribution in [2.45, 2.75) is 66.2 Å². The van der Waals surface area contributed by atoms with Gasteiger partial charge in [0.2, 0.25) is 0 Å². The molecule has 0 radical (unpaired) electrons. The third-order valence-electron chi connectivity index (χ3n) is 6.92. The second-order valence-corrected chi connectivity index (χ2v) is 11.2. The van der Waals surface area contributed by atoms with Crippen molar-refractivity contribution in [1.82, 2.24) is 4.98 Å². The largest absolute Gasteiger partial charge is 0.465 e. The first-order valence-electron chi connectivity index (χ1n) is 11.3. The molecule has 1 N–H and O–H groups in total. The number of pyridine rings is 1. The first-order valence-corrected chi connectivity index (χ1v) is 11.3. The van der Waals surface area contributed by atoms with Gasteiger partial charge < -0.3 is 9.72 Å². The number of benzene rings is 1. The van der Waals surface area contributed by atoms with E-state index in [-0.39, 0.29) is 28.0 Å². The van der Waals surface area contributed by atoms with Crippen LogP contribution in [0.2, 0.25) is 0 Å². The van der Waals surface area contributed by atoms with Gasteiger partial charge in [0.15, 0.2) is 11.6 Å². The van der Waals surface area contributed by atoms with E-state index in [1.54, 1.807) is 0 Å². The Morgan fingerprint density at radius 2 is 1.41 bits per heavy atom. The molecular weight excluding hydrogens is 402 g/mol. The van der Waals surface area contributed by atoms with Crippen LogP contribution in [0.3, 0.4) is 0 Å². The molecule has 2 aromatic rings. The van der Waals surface area contributed by atoms with Gasteiger partial charge in [-0.3, -0.25) is 14.4 Å². The fraction of sp³-hybridized carbons (Fsp3) is 0.444. The molecule has 2 aliphatic carbocycles. The van der Waals surface area contributed by atoms with Crippen LogP contribution in [0.1, 0.15) is 70.4 Å². The van der Waals surface area contributed by atoms with Crippen LogP contribution in [0, 0.1) is 17.8 Å². The number of ketones is 2. The second kappa shape index (κ2) is 6.77. The topological polar surface area (TPSA) is 76.2 Å². The van der Waals surface area contributed by atoms with Gasteiger partial charge in [0, 0.05) is 47.9 Å². The summed E-state index contributed by atoms with van der Waals surface area (Å²) < 4.78 is 6.31. The van der Waals surface area contributed by atoms with Gasteiger partial charge in [0.05, 0.1) is 5.92 Å².